The van der Waals surface area contributed by atoms with Crippen LogP contribution in [0.3, 0.4) is 0 Å². The first-order chi connectivity index (χ1) is 13.3. The van der Waals surface area contributed by atoms with E-state index in [0.29, 0.717) is 12.4 Å². The Balaban J connectivity index is 1.26. The zero-order chi connectivity index (χ0) is 18.2. The van der Waals surface area contributed by atoms with Gasteiger partial charge in [-0.1, -0.05) is 0 Å². The smallest absolute Gasteiger partial charge is 0.145 e. The van der Waals surface area contributed by atoms with Gasteiger partial charge in [0.2, 0.25) is 0 Å². The number of ether oxygens (including phenoxy) is 2. The zero-order valence-electron chi connectivity index (χ0n) is 14.7. The van der Waals surface area contributed by atoms with Crippen molar-refractivity contribution in [3.05, 3.63) is 55.1 Å². The molecule has 4 aromatic rings. The second kappa shape index (κ2) is 6.51. The van der Waals surface area contributed by atoms with E-state index in [4.69, 9.17) is 15.2 Å². The van der Waals surface area contributed by atoms with Gasteiger partial charge >= 0.3 is 0 Å². The van der Waals surface area contributed by atoms with Crippen LogP contribution in [0.15, 0.2) is 55.1 Å². The highest BCUT2D eigenvalue weighted by Crippen LogP contribution is 2.31. The van der Waals surface area contributed by atoms with Crippen LogP contribution >= 0.6 is 0 Å². The molecule has 1 aliphatic heterocycles. The van der Waals surface area contributed by atoms with Crippen molar-refractivity contribution in [1.29, 1.82) is 0 Å². The third-order valence-electron chi connectivity index (χ3n) is 4.89. The van der Waals surface area contributed by atoms with E-state index in [0.717, 1.165) is 40.5 Å². The van der Waals surface area contributed by atoms with Crippen molar-refractivity contribution >= 4 is 27.8 Å². The lowest BCUT2D eigenvalue weighted by Gasteiger charge is -2.16. The molecule has 136 valence electrons. The van der Waals surface area contributed by atoms with E-state index >= 15 is 0 Å². The Bertz CT molecular complexity index is 1110. The highest BCUT2D eigenvalue weighted by Gasteiger charge is 2.28. The Morgan fingerprint density at radius 3 is 3.04 bits per heavy atom. The fraction of sp³-hybridized carbons (Fsp3) is 0.250. The van der Waals surface area contributed by atoms with Crippen molar-refractivity contribution < 1.29 is 9.47 Å². The number of nitrogen functional groups attached to an aromatic ring is 1. The molecular formula is C20H19N5O2. The number of fused-ring (bicyclic) bond motifs is 2. The van der Waals surface area contributed by atoms with Gasteiger partial charge in [0.05, 0.1) is 11.6 Å². The Morgan fingerprint density at radius 2 is 2.07 bits per heavy atom. The maximum atomic E-state index is 6.18. The SMILES string of the molecule is Nc1ccc2ccc(OCC3CCC(n4ccc5cncnc54)O3)cc2n1. The monoisotopic (exact) mass is 361 g/mol. The summed E-state index contributed by atoms with van der Waals surface area (Å²) in [6, 6.07) is 11.6. The molecule has 3 aromatic heterocycles. The van der Waals surface area contributed by atoms with Crippen LogP contribution in [-0.4, -0.2) is 32.2 Å². The topological polar surface area (TPSA) is 88.1 Å². The van der Waals surface area contributed by atoms with Crippen molar-refractivity contribution in [1.82, 2.24) is 19.5 Å². The standard InChI is InChI=1S/C20H19N5O2/c21-18-5-2-13-1-3-15(9-17(13)24-18)26-11-16-4-6-19(27-16)25-8-7-14-10-22-12-23-20(14)25/h1-3,5,7-10,12,16,19H,4,6,11H2,(H2,21,24). The number of anilines is 1. The van der Waals surface area contributed by atoms with E-state index in [1.807, 2.05) is 42.7 Å². The largest absolute Gasteiger partial charge is 0.491 e. The van der Waals surface area contributed by atoms with E-state index < -0.39 is 0 Å². The Hall–Kier alpha value is -3.19. The molecule has 1 aromatic carbocycles. The third-order valence-corrected chi connectivity index (χ3v) is 4.89. The van der Waals surface area contributed by atoms with Gasteiger partial charge in [-0.25, -0.2) is 15.0 Å². The van der Waals surface area contributed by atoms with Crippen LogP contribution in [-0.2, 0) is 4.74 Å². The van der Waals surface area contributed by atoms with Gasteiger partial charge in [-0.3, -0.25) is 0 Å². The molecule has 0 saturated carbocycles. The molecule has 0 aliphatic carbocycles. The molecule has 2 atom stereocenters. The number of nitrogens with two attached hydrogens (primary N) is 1. The van der Waals surface area contributed by atoms with Crippen LogP contribution < -0.4 is 10.5 Å². The van der Waals surface area contributed by atoms with Crippen LogP contribution in [0, 0.1) is 0 Å². The molecule has 0 radical (unpaired) electrons. The van der Waals surface area contributed by atoms with Gasteiger partial charge in [0, 0.05) is 29.2 Å². The summed E-state index contributed by atoms with van der Waals surface area (Å²) in [7, 11) is 0. The summed E-state index contributed by atoms with van der Waals surface area (Å²) in [6.07, 6.45) is 7.27. The van der Waals surface area contributed by atoms with Crippen molar-refractivity contribution in [2.45, 2.75) is 25.2 Å². The van der Waals surface area contributed by atoms with Crippen molar-refractivity contribution in [2.75, 3.05) is 12.3 Å². The van der Waals surface area contributed by atoms with E-state index in [1.54, 1.807) is 12.4 Å². The third kappa shape index (κ3) is 3.06. The Labute approximate surface area is 155 Å². The Kier molecular flexibility index (Phi) is 3.86. The number of hydrogen-bond acceptors (Lipinski definition) is 6. The zero-order valence-corrected chi connectivity index (χ0v) is 14.7. The molecular weight excluding hydrogens is 342 g/mol. The average Bonchev–Trinajstić information content (AvgIpc) is 3.32. The van der Waals surface area contributed by atoms with Gasteiger partial charge in [0.15, 0.2) is 0 Å². The number of hydrogen-bond donors (Lipinski definition) is 1. The second-order valence-corrected chi connectivity index (χ2v) is 6.72. The average molecular weight is 361 g/mol. The normalized spacial score (nSPS) is 19.7. The number of nitrogens with zero attached hydrogens (tertiary/aromatic N) is 4. The molecule has 0 bridgehead atoms. The molecule has 1 saturated heterocycles. The quantitative estimate of drug-likeness (QED) is 0.600. The summed E-state index contributed by atoms with van der Waals surface area (Å²) in [6.45, 7) is 0.499. The molecule has 1 aliphatic rings. The molecule has 27 heavy (non-hydrogen) atoms. The summed E-state index contributed by atoms with van der Waals surface area (Å²) in [4.78, 5) is 12.8. The maximum absolute atomic E-state index is 6.18. The number of benzene rings is 1. The van der Waals surface area contributed by atoms with Gasteiger partial charge in [-0.15, -0.1) is 0 Å². The summed E-state index contributed by atoms with van der Waals surface area (Å²) >= 11 is 0. The molecule has 0 amide bonds. The second-order valence-electron chi connectivity index (χ2n) is 6.72. The molecule has 5 rings (SSSR count). The molecule has 2 unspecified atom stereocenters. The number of pyridine rings is 1. The predicted octanol–water partition coefficient (Wildman–Crippen LogP) is 3.32. The van der Waals surface area contributed by atoms with Gasteiger partial charge in [-0.2, -0.15) is 0 Å². The minimum atomic E-state index is -0.0240. The highest BCUT2D eigenvalue weighted by atomic mass is 16.6. The first kappa shape index (κ1) is 16.0. The first-order valence-corrected chi connectivity index (χ1v) is 8.97. The van der Waals surface area contributed by atoms with Gasteiger partial charge in [0.1, 0.15) is 36.4 Å². The van der Waals surface area contributed by atoms with E-state index in [2.05, 4.69) is 19.5 Å². The molecule has 7 nitrogen and oxygen atoms in total. The lowest BCUT2D eigenvalue weighted by molar-refractivity contribution is -0.0156. The summed E-state index contributed by atoms with van der Waals surface area (Å²) < 4.78 is 14.2. The van der Waals surface area contributed by atoms with Crippen molar-refractivity contribution in [3.63, 3.8) is 0 Å². The van der Waals surface area contributed by atoms with E-state index in [-0.39, 0.29) is 12.3 Å². The molecule has 1 fully saturated rings. The van der Waals surface area contributed by atoms with Crippen LogP contribution in [0.1, 0.15) is 19.1 Å². The highest BCUT2D eigenvalue weighted by molar-refractivity contribution is 5.81. The number of rotatable bonds is 4. The van der Waals surface area contributed by atoms with Crippen LogP contribution in [0.5, 0.6) is 5.75 Å². The summed E-state index contributed by atoms with van der Waals surface area (Å²) in [5, 5.41) is 2.05. The van der Waals surface area contributed by atoms with E-state index in [9.17, 15) is 0 Å². The fourth-order valence-corrected chi connectivity index (χ4v) is 3.54. The van der Waals surface area contributed by atoms with Crippen LogP contribution in [0.25, 0.3) is 21.9 Å². The molecule has 4 heterocycles. The number of aromatic nitrogens is 4. The minimum absolute atomic E-state index is 0.0240. The lowest BCUT2D eigenvalue weighted by Crippen LogP contribution is -2.18. The first-order valence-electron chi connectivity index (χ1n) is 8.97. The van der Waals surface area contributed by atoms with Gasteiger partial charge in [-0.05, 0) is 43.2 Å². The molecule has 0 spiro atoms. The fourth-order valence-electron chi connectivity index (χ4n) is 3.54. The minimum Gasteiger partial charge on any atom is -0.491 e. The maximum Gasteiger partial charge on any atom is 0.145 e. The van der Waals surface area contributed by atoms with Gasteiger partial charge in [0.25, 0.3) is 0 Å². The Morgan fingerprint density at radius 1 is 1.15 bits per heavy atom. The van der Waals surface area contributed by atoms with E-state index in [1.165, 1.54) is 0 Å². The van der Waals surface area contributed by atoms with Crippen molar-refractivity contribution in [3.8, 4) is 5.75 Å². The molecule has 7 heteroatoms. The summed E-state index contributed by atoms with van der Waals surface area (Å²) in [5.41, 5.74) is 7.49. The lowest BCUT2D eigenvalue weighted by atomic mass is 10.2. The van der Waals surface area contributed by atoms with Crippen LogP contribution in [0.4, 0.5) is 5.82 Å². The van der Waals surface area contributed by atoms with Crippen molar-refractivity contribution in [2.24, 2.45) is 0 Å². The molecule has 2 N–H and O–H groups in total. The van der Waals surface area contributed by atoms with Crippen LogP contribution in [0.2, 0.25) is 0 Å². The summed E-state index contributed by atoms with van der Waals surface area (Å²) in [5.74, 6) is 1.27. The predicted molar refractivity (Wildman–Crippen MR) is 102 cm³/mol. The van der Waals surface area contributed by atoms with Gasteiger partial charge < -0.3 is 19.8 Å².